The molecule has 1 aromatic rings. The Kier molecular flexibility index (Phi) is 6.33. The van der Waals surface area contributed by atoms with Gasteiger partial charge >= 0.3 is 0 Å². The molecule has 0 saturated heterocycles. The molecule has 1 unspecified atom stereocenters. The lowest BCUT2D eigenvalue weighted by molar-refractivity contribution is -0.0289. The molecule has 2 rings (SSSR count). The molecule has 1 aliphatic rings. The van der Waals surface area contributed by atoms with E-state index in [4.69, 9.17) is 4.74 Å². The predicted octanol–water partition coefficient (Wildman–Crippen LogP) is 4.24. The standard InChI is InChI=1S/C15H24BrNOS/c1-3-17-12(10-14-5-6-15(16)19-14)7-11-8-13(9-11)18-4-2/h5-6,11-13,17H,3-4,7-10H2,1-2H3. The van der Waals surface area contributed by atoms with E-state index < -0.39 is 0 Å². The van der Waals surface area contributed by atoms with Crippen molar-refractivity contribution < 1.29 is 4.74 Å². The third-order valence-corrected chi connectivity index (χ3v) is 5.43. The van der Waals surface area contributed by atoms with E-state index in [1.165, 1.54) is 27.9 Å². The Hall–Kier alpha value is 0.1000. The minimum atomic E-state index is 0.535. The van der Waals surface area contributed by atoms with Gasteiger partial charge in [-0.25, -0.2) is 0 Å². The zero-order valence-corrected chi connectivity index (χ0v) is 14.2. The predicted molar refractivity (Wildman–Crippen MR) is 85.9 cm³/mol. The fourth-order valence-corrected chi connectivity index (χ4v) is 4.44. The molecule has 1 aromatic heterocycles. The number of hydrogen-bond donors (Lipinski definition) is 1. The smallest absolute Gasteiger partial charge is 0.0701 e. The van der Waals surface area contributed by atoms with E-state index in [2.05, 4.69) is 47.2 Å². The van der Waals surface area contributed by atoms with E-state index in [0.717, 1.165) is 25.5 Å². The second-order valence-corrected chi connectivity index (χ2v) is 7.86. The summed E-state index contributed by atoms with van der Waals surface area (Å²) in [5.41, 5.74) is 0. The Balaban J connectivity index is 1.77. The fraction of sp³-hybridized carbons (Fsp3) is 0.733. The first-order valence-corrected chi connectivity index (χ1v) is 8.91. The minimum Gasteiger partial charge on any atom is -0.378 e. The first-order valence-electron chi connectivity index (χ1n) is 7.30. The van der Waals surface area contributed by atoms with Crippen molar-refractivity contribution in [2.45, 2.75) is 51.7 Å². The first-order chi connectivity index (χ1) is 9.21. The van der Waals surface area contributed by atoms with E-state index in [0.29, 0.717) is 12.1 Å². The Morgan fingerprint density at radius 1 is 1.42 bits per heavy atom. The average molecular weight is 346 g/mol. The molecule has 1 saturated carbocycles. The highest BCUT2D eigenvalue weighted by molar-refractivity contribution is 9.11. The van der Waals surface area contributed by atoms with Gasteiger partial charge in [-0.1, -0.05) is 6.92 Å². The molecule has 1 heterocycles. The van der Waals surface area contributed by atoms with E-state index in [9.17, 15) is 0 Å². The number of halogens is 1. The topological polar surface area (TPSA) is 21.3 Å². The van der Waals surface area contributed by atoms with Crippen LogP contribution in [0.5, 0.6) is 0 Å². The number of ether oxygens (including phenoxy) is 1. The normalized spacial score (nSPS) is 24.2. The highest BCUT2D eigenvalue weighted by Gasteiger charge is 2.31. The summed E-state index contributed by atoms with van der Waals surface area (Å²) in [6, 6.07) is 5.00. The van der Waals surface area contributed by atoms with Gasteiger partial charge in [-0.15, -0.1) is 11.3 Å². The molecule has 4 heteroatoms. The van der Waals surface area contributed by atoms with Gasteiger partial charge < -0.3 is 10.1 Å². The highest BCUT2D eigenvalue weighted by atomic mass is 79.9. The molecule has 19 heavy (non-hydrogen) atoms. The molecule has 0 radical (unpaired) electrons. The lowest BCUT2D eigenvalue weighted by Crippen LogP contribution is -2.39. The third-order valence-electron chi connectivity index (χ3n) is 3.78. The summed E-state index contributed by atoms with van der Waals surface area (Å²) in [6.45, 7) is 6.20. The van der Waals surface area contributed by atoms with E-state index >= 15 is 0 Å². The van der Waals surface area contributed by atoms with Gasteiger partial charge in [0.05, 0.1) is 9.89 Å². The summed E-state index contributed by atoms with van der Waals surface area (Å²) in [4.78, 5) is 1.47. The molecule has 2 nitrogen and oxygen atoms in total. The molecular formula is C15H24BrNOS. The van der Waals surface area contributed by atoms with Gasteiger partial charge in [0, 0.05) is 17.5 Å². The van der Waals surface area contributed by atoms with Gasteiger partial charge in [-0.3, -0.25) is 0 Å². The second-order valence-electron chi connectivity index (χ2n) is 5.32. The van der Waals surface area contributed by atoms with E-state index in [1.54, 1.807) is 0 Å². The second kappa shape index (κ2) is 7.77. The number of hydrogen-bond acceptors (Lipinski definition) is 3. The van der Waals surface area contributed by atoms with Crippen molar-refractivity contribution in [1.82, 2.24) is 5.32 Å². The van der Waals surface area contributed by atoms with Crippen molar-refractivity contribution in [2.24, 2.45) is 5.92 Å². The summed E-state index contributed by atoms with van der Waals surface area (Å²) < 4.78 is 6.88. The van der Waals surface area contributed by atoms with Crippen molar-refractivity contribution in [1.29, 1.82) is 0 Å². The van der Waals surface area contributed by atoms with Crippen LogP contribution >= 0.6 is 27.3 Å². The van der Waals surface area contributed by atoms with Crippen LogP contribution in [0.1, 0.15) is 38.0 Å². The number of thiophene rings is 1. The quantitative estimate of drug-likeness (QED) is 0.760. The van der Waals surface area contributed by atoms with Crippen molar-refractivity contribution >= 4 is 27.3 Å². The maximum atomic E-state index is 5.65. The van der Waals surface area contributed by atoms with Crippen LogP contribution in [0.15, 0.2) is 15.9 Å². The van der Waals surface area contributed by atoms with Crippen molar-refractivity contribution in [2.75, 3.05) is 13.2 Å². The van der Waals surface area contributed by atoms with Crippen LogP contribution in [0, 0.1) is 5.92 Å². The molecule has 1 aliphatic carbocycles. The third kappa shape index (κ3) is 4.85. The summed E-state index contributed by atoms with van der Waals surface area (Å²) >= 11 is 5.40. The summed E-state index contributed by atoms with van der Waals surface area (Å²) in [5, 5.41) is 3.64. The first kappa shape index (κ1) is 15.5. The Morgan fingerprint density at radius 3 is 2.79 bits per heavy atom. The fourth-order valence-electron chi connectivity index (χ4n) is 2.87. The molecule has 108 valence electrons. The maximum Gasteiger partial charge on any atom is 0.0701 e. The summed E-state index contributed by atoms with van der Waals surface area (Å²) in [7, 11) is 0. The zero-order chi connectivity index (χ0) is 13.7. The van der Waals surface area contributed by atoms with Gasteiger partial charge in [0.2, 0.25) is 0 Å². The Labute approximate surface area is 129 Å². The molecular weight excluding hydrogens is 322 g/mol. The Morgan fingerprint density at radius 2 is 2.21 bits per heavy atom. The van der Waals surface area contributed by atoms with Crippen molar-refractivity contribution in [3.63, 3.8) is 0 Å². The van der Waals surface area contributed by atoms with Crippen LogP contribution in [0.2, 0.25) is 0 Å². The molecule has 0 spiro atoms. The Bertz CT molecular complexity index is 376. The summed E-state index contributed by atoms with van der Waals surface area (Å²) in [6.07, 6.45) is 5.48. The highest BCUT2D eigenvalue weighted by Crippen LogP contribution is 2.34. The average Bonchev–Trinajstić information content (AvgIpc) is 2.72. The van der Waals surface area contributed by atoms with Gasteiger partial charge in [-0.05, 0) is 73.1 Å². The van der Waals surface area contributed by atoms with Crippen LogP contribution in [-0.2, 0) is 11.2 Å². The SMILES string of the molecule is CCNC(Cc1ccc(Br)s1)CC1CC(OCC)C1. The minimum absolute atomic E-state index is 0.535. The molecule has 0 bridgehead atoms. The molecule has 0 aliphatic heterocycles. The molecule has 0 aromatic carbocycles. The monoisotopic (exact) mass is 345 g/mol. The number of likely N-dealkylation sites (N-methyl/N-ethyl adjacent to an activating group) is 1. The number of rotatable bonds is 8. The molecule has 1 N–H and O–H groups in total. The molecule has 0 amide bonds. The van der Waals surface area contributed by atoms with Gasteiger partial charge in [0.25, 0.3) is 0 Å². The molecule has 1 atom stereocenters. The lowest BCUT2D eigenvalue weighted by Gasteiger charge is -2.37. The maximum absolute atomic E-state index is 5.65. The van der Waals surface area contributed by atoms with Crippen LogP contribution in [0.3, 0.4) is 0 Å². The van der Waals surface area contributed by atoms with E-state index in [-0.39, 0.29) is 0 Å². The van der Waals surface area contributed by atoms with Gasteiger partial charge in [0.1, 0.15) is 0 Å². The van der Waals surface area contributed by atoms with Crippen molar-refractivity contribution in [3.8, 4) is 0 Å². The van der Waals surface area contributed by atoms with E-state index in [1.807, 2.05) is 11.3 Å². The van der Waals surface area contributed by atoms with Crippen LogP contribution < -0.4 is 5.32 Å². The summed E-state index contributed by atoms with van der Waals surface area (Å²) in [5.74, 6) is 0.851. The van der Waals surface area contributed by atoms with Crippen LogP contribution in [-0.4, -0.2) is 25.3 Å². The number of nitrogens with one attached hydrogen (secondary N) is 1. The van der Waals surface area contributed by atoms with Crippen LogP contribution in [0.4, 0.5) is 0 Å². The van der Waals surface area contributed by atoms with Gasteiger partial charge in [-0.2, -0.15) is 0 Å². The van der Waals surface area contributed by atoms with Crippen LogP contribution in [0.25, 0.3) is 0 Å². The molecule has 1 fully saturated rings. The van der Waals surface area contributed by atoms with Gasteiger partial charge in [0.15, 0.2) is 0 Å². The zero-order valence-electron chi connectivity index (χ0n) is 11.8. The van der Waals surface area contributed by atoms with Crippen molar-refractivity contribution in [3.05, 3.63) is 20.8 Å². The largest absolute Gasteiger partial charge is 0.378 e. The lowest BCUT2D eigenvalue weighted by atomic mass is 9.77.